The van der Waals surface area contributed by atoms with Gasteiger partial charge in [0.1, 0.15) is 6.10 Å². The Labute approximate surface area is 147 Å². The molecule has 3 rings (SSSR count). The van der Waals surface area contributed by atoms with Crippen LogP contribution in [0.2, 0.25) is 0 Å². The van der Waals surface area contributed by atoms with Gasteiger partial charge >= 0.3 is 0 Å². The first-order valence-electron chi connectivity index (χ1n) is 9.87. The van der Waals surface area contributed by atoms with E-state index in [-0.39, 0.29) is 6.10 Å². The molecule has 0 bridgehead atoms. The first-order chi connectivity index (χ1) is 11.8. The normalized spacial score (nSPS) is 23.2. The van der Waals surface area contributed by atoms with Crippen LogP contribution in [0.5, 0.6) is 0 Å². The summed E-state index contributed by atoms with van der Waals surface area (Å²) in [6.07, 6.45) is 10.7. The molecule has 2 atom stereocenters. The molecule has 132 valence electrons. The fourth-order valence-corrected chi connectivity index (χ4v) is 4.55. The van der Waals surface area contributed by atoms with E-state index in [0.717, 1.165) is 0 Å². The summed E-state index contributed by atoms with van der Waals surface area (Å²) in [5.41, 5.74) is 4.78. The highest BCUT2D eigenvalue weighted by Crippen LogP contribution is 2.41. The van der Waals surface area contributed by atoms with Crippen molar-refractivity contribution in [3.63, 3.8) is 0 Å². The fraction of sp³-hybridized carbons (Fsp3) is 0.636. The molecule has 24 heavy (non-hydrogen) atoms. The number of rotatable bonds is 7. The largest absolute Gasteiger partial charge is 0.375 e. The molecule has 0 saturated heterocycles. The van der Waals surface area contributed by atoms with Crippen LogP contribution < -0.4 is 0 Å². The Bertz CT molecular complexity index is 536. The topological polar surface area (TPSA) is 12.5 Å². The Morgan fingerprint density at radius 1 is 1.08 bits per heavy atom. The third-order valence-corrected chi connectivity index (χ3v) is 5.80. The van der Waals surface area contributed by atoms with Gasteiger partial charge in [0.2, 0.25) is 0 Å². The van der Waals surface area contributed by atoms with Crippen molar-refractivity contribution in [3.05, 3.63) is 47.0 Å². The van der Waals surface area contributed by atoms with E-state index in [9.17, 15) is 0 Å². The number of benzene rings is 1. The molecule has 1 aliphatic heterocycles. The third-order valence-electron chi connectivity index (χ3n) is 5.80. The van der Waals surface area contributed by atoms with E-state index in [2.05, 4.69) is 42.2 Å². The maximum atomic E-state index is 6.09. The highest BCUT2D eigenvalue weighted by molar-refractivity contribution is 5.31. The molecule has 2 unspecified atom stereocenters. The number of hydrogen-bond acceptors (Lipinski definition) is 2. The van der Waals surface area contributed by atoms with Gasteiger partial charge in [0, 0.05) is 13.7 Å². The Kier molecular flexibility index (Phi) is 6.51. The Balaban J connectivity index is 1.89. The van der Waals surface area contributed by atoms with Crippen molar-refractivity contribution in [2.75, 3.05) is 20.2 Å². The quantitative estimate of drug-likeness (QED) is 0.483. The second-order valence-corrected chi connectivity index (χ2v) is 7.34. The molecule has 0 radical (unpaired) electrons. The van der Waals surface area contributed by atoms with Crippen molar-refractivity contribution >= 4 is 0 Å². The summed E-state index contributed by atoms with van der Waals surface area (Å²) in [6.45, 7) is 4.71. The van der Waals surface area contributed by atoms with Crippen LogP contribution in [0.4, 0.5) is 0 Å². The van der Waals surface area contributed by atoms with Crippen molar-refractivity contribution in [2.45, 2.75) is 70.4 Å². The lowest BCUT2D eigenvalue weighted by Crippen LogP contribution is -2.46. The highest BCUT2D eigenvalue weighted by atomic mass is 16.5. The van der Waals surface area contributed by atoms with E-state index in [1.165, 1.54) is 70.0 Å². The van der Waals surface area contributed by atoms with E-state index in [1.54, 1.807) is 11.1 Å². The second kappa shape index (κ2) is 8.82. The molecule has 0 amide bonds. The first-order valence-corrected chi connectivity index (χ1v) is 9.87. The lowest BCUT2D eigenvalue weighted by molar-refractivity contribution is 0.0196. The van der Waals surface area contributed by atoms with Crippen LogP contribution in [-0.2, 0) is 4.74 Å². The standard InChI is InChI=1S/C22H33NO/c1-3-4-10-16-23-17-15-18-11-8-9-14-20(18)21(23)22(24-2)19-12-6-5-7-13-19/h5-7,12-13,21-22H,3-4,8-11,14-17H2,1-2H3. The van der Waals surface area contributed by atoms with Crippen LogP contribution in [0, 0.1) is 0 Å². The van der Waals surface area contributed by atoms with Crippen molar-refractivity contribution < 1.29 is 4.74 Å². The average Bonchev–Trinajstić information content (AvgIpc) is 2.64. The molecular formula is C22H33NO. The van der Waals surface area contributed by atoms with Crippen molar-refractivity contribution in [1.29, 1.82) is 0 Å². The SMILES string of the molecule is CCCCCN1CCC2=C(CCCC2)C1C(OC)c1ccccc1. The van der Waals surface area contributed by atoms with E-state index >= 15 is 0 Å². The number of ether oxygens (including phenoxy) is 1. The molecule has 0 N–H and O–H groups in total. The van der Waals surface area contributed by atoms with Gasteiger partial charge in [0.05, 0.1) is 6.04 Å². The van der Waals surface area contributed by atoms with E-state index in [0.29, 0.717) is 6.04 Å². The second-order valence-electron chi connectivity index (χ2n) is 7.34. The summed E-state index contributed by atoms with van der Waals surface area (Å²) >= 11 is 0. The molecular weight excluding hydrogens is 294 g/mol. The van der Waals surface area contributed by atoms with Gasteiger partial charge < -0.3 is 4.74 Å². The average molecular weight is 328 g/mol. The number of methoxy groups -OCH3 is 1. The van der Waals surface area contributed by atoms with Crippen LogP contribution in [0.1, 0.15) is 70.0 Å². The minimum atomic E-state index is 0.163. The third kappa shape index (κ3) is 3.92. The Hall–Kier alpha value is -1.12. The molecule has 0 saturated carbocycles. The molecule has 1 aromatic carbocycles. The lowest BCUT2D eigenvalue weighted by Gasteiger charge is -2.44. The zero-order valence-corrected chi connectivity index (χ0v) is 15.5. The number of nitrogens with zero attached hydrogens (tertiary/aromatic N) is 1. The maximum absolute atomic E-state index is 6.09. The molecule has 2 nitrogen and oxygen atoms in total. The van der Waals surface area contributed by atoms with Crippen LogP contribution in [-0.4, -0.2) is 31.1 Å². The summed E-state index contributed by atoms with van der Waals surface area (Å²) in [5, 5.41) is 0. The van der Waals surface area contributed by atoms with Crippen molar-refractivity contribution in [1.82, 2.24) is 4.90 Å². The highest BCUT2D eigenvalue weighted by Gasteiger charge is 2.36. The van der Waals surface area contributed by atoms with Gasteiger partial charge in [-0.25, -0.2) is 0 Å². The zero-order chi connectivity index (χ0) is 16.8. The Morgan fingerprint density at radius 3 is 2.62 bits per heavy atom. The van der Waals surface area contributed by atoms with Crippen LogP contribution in [0.3, 0.4) is 0 Å². The fourth-order valence-electron chi connectivity index (χ4n) is 4.55. The molecule has 0 aromatic heterocycles. The van der Waals surface area contributed by atoms with Crippen molar-refractivity contribution in [2.24, 2.45) is 0 Å². The van der Waals surface area contributed by atoms with Gasteiger partial charge in [-0.2, -0.15) is 0 Å². The molecule has 2 aliphatic rings. The summed E-state index contributed by atoms with van der Waals surface area (Å²) < 4.78 is 6.09. The van der Waals surface area contributed by atoms with Crippen molar-refractivity contribution in [3.8, 4) is 0 Å². The first kappa shape index (κ1) is 17.7. The minimum absolute atomic E-state index is 0.163. The van der Waals surface area contributed by atoms with Crippen LogP contribution in [0.25, 0.3) is 0 Å². The van der Waals surface area contributed by atoms with E-state index in [4.69, 9.17) is 4.74 Å². The summed E-state index contributed by atoms with van der Waals surface area (Å²) in [5.74, 6) is 0. The molecule has 2 heteroatoms. The van der Waals surface area contributed by atoms with Gasteiger partial charge in [-0.05, 0) is 50.6 Å². The Morgan fingerprint density at radius 2 is 1.88 bits per heavy atom. The van der Waals surface area contributed by atoms with Crippen LogP contribution >= 0.6 is 0 Å². The van der Waals surface area contributed by atoms with E-state index in [1.807, 2.05) is 7.11 Å². The summed E-state index contributed by atoms with van der Waals surface area (Å²) in [4.78, 5) is 2.72. The predicted octanol–water partition coefficient (Wildman–Crippen LogP) is 5.51. The predicted molar refractivity (Wildman–Crippen MR) is 101 cm³/mol. The molecule has 1 aliphatic carbocycles. The minimum Gasteiger partial charge on any atom is -0.375 e. The van der Waals surface area contributed by atoms with Gasteiger partial charge in [0.25, 0.3) is 0 Å². The molecule has 1 heterocycles. The number of unbranched alkanes of at least 4 members (excludes halogenated alkanes) is 2. The van der Waals surface area contributed by atoms with Crippen LogP contribution in [0.15, 0.2) is 41.5 Å². The molecule has 0 fully saturated rings. The smallest absolute Gasteiger partial charge is 0.101 e. The maximum Gasteiger partial charge on any atom is 0.101 e. The van der Waals surface area contributed by atoms with Gasteiger partial charge in [-0.1, -0.05) is 61.2 Å². The number of hydrogen-bond donors (Lipinski definition) is 0. The summed E-state index contributed by atoms with van der Waals surface area (Å²) in [7, 11) is 1.89. The zero-order valence-electron chi connectivity index (χ0n) is 15.5. The lowest BCUT2D eigenvalue weighted by atomic mass is 9.79. The van der Waals surface area contributed by atoms with Gasteiger partial charge in [-0.3, -0.25) is 4.90 Å². The molecule has 1 aromatic rings. The van der Waals surface area contributed by atoms with Gasteiger partial charge in [-0.15, -0.1) is 0 Å². The molecule has 0 spiro atoms. The van der Waals surface area contributed by atoms with Gasteiger partial charge in [0.15, 0.2) is 0 Å². The monoisotopic (exact) mass is 327 g/mol. The summed E-state index contributed by atoms with van der Waals surface area (Å²) in [6, 6.07) is 11.3. The van der Waals surface area contributed by atoms with E-state index < -0.39 is 0 Å².